The first-order valence-electron chi connectivity index (χ1n) is 5.88. The van der Waals surface area contributed by atoms with Crippen LogP contribution in [0.3, 0.4) is 0 Å². The van der Waals surface area contributed by atoms with Crippen molar-refractivity contribution >= 4 is 11.8 Å². The summed E-state index contributed by atoms with van der Waals surface area (Å²) < 4.78 is 0. The van der Waals surface area contributed by atoms with Crippen molar-refractivity contribution in [3.63, 3.8) is 0 Å². The molecular weight excluding hydrogens is 258 g/mol. The topological polar surface area (TPSA) is 69.5 Å². The molecule has 19 heavy (non-hydrogen) atoms. The maximum absolute atomic E-state index is 11.9. The van der Waals surface area contributed by atoms with Gasteiger partial charge in [-0.05, 0) is 18.2 Å². The minimum absolute atomic E-state index is 0.0682. The lowest BCUT2D eigenvalue weighted by molar-refractivity contribution is 0.935. The largest absolute Gasteiger partial charge is 0.300 e. The second-order valence-corrected chi connectivity index (χ2v) is 4.72. The Morgan fingerprint density at radius 2 is 2.16 bits per heavy atom. The molecule has 4 nitrogen and oxygen atoms in total. The Morgan fingerprint density at radius 1 is 1.42 bits per heavy atom. The summed E-state index contributed by atoms with van der Waals surface area (Å²) in [4.78, 5) is 18.9. The zero-order valence-corrected chi connectivity index (χ0v) is 11.5. The van der Waals surface area contributed by atoms with Crippen molar-refractivity contribution in [2.75, 3.05) is 6.26 Å². The lowest BCUT2D eigenvalue weighted by Gasteiger charge is -2.09. The Morgan fingerprint density at radius 3 is 2.79 bits per heavy atom. The van der Waals surface area contributed by atoms with Crippen molar-refractivity contribution in [3.8, 4) is 17.3 Å². The highest BCUT2D eigenvalue weighted by atomic mass is 32.2. The average Bonchev–Trinajstić information content (AvgIpc) is 2.46. The molecule has 0 atom stereocenters. The van der Waals surface area contributed by atoms with Gasteiger partial charge in [0.25, 0.3) is 5.56 Å². The highest BCUT2D eigenvalue weighted by Gasteiger charge is 2.15. The van der Waals surface area contributed by atoms with E-state index in [0.29, 0.717) is 10.9 Å². The Kier molecular flexibility index (Phi) is 4.03. The van der Waals surface area contributed by atoms with Gasteiger partial charge in [0.15, 0.2) is 5.16 Å². The third kappa shape index (κ3) is 2.54. The number of hydrogen-bond donors (Lipinski definition) is 1. The molecule has 5 heteroatoms. The Balaban J connectivity index is 2.77. The number of rotatable bonds is 3. The minimum Gasteiger partial charge on any atom is -0.300 e. The predicted octanol–water partition coefficient (Wildman–Crippen LogP) is 2.59. The molecule has 2 rings (SSSR count). The van der Waals surface area contributed by atoms with Crippen LogP contribution in [-0.2, 0) is 6.42 Å². The summed E-state index contributed by atoms with van der Waals surface area (Å²) in [6.45, 7) is 2.04. The summed E-state index contributed by atoms with van der Waals surface area (Å²) in [6, 6.07) is 9.66. The monoisotopic (exact) mass is 271 g/mol. The van der Waals surface area contributed by atoms with Gasteiger partial charge < -0.3 is 4.98 Å². The van der Waals surface area contributed by atoms with Gasteiger partial charge in [0.1, 0.15) is 11.6 Å². The van der Waals surface area contributed by atoms with E-state index in [-0.39, 0.29) is 11.1 Å². The van der Waals surface area contributed by atoms with Crippen molar-refractivity contribution < 1.29 is 0 Å². The molecule has 96 valence electrons. The maximum Gasteiger partial charge on any atom is 0.270 e. The number of aromatic amines is 1. The molecular formula is C14H13N3OS. The highest BCUT2D eigenvalue weighted by Crippen LogP contribution is 2.25. The molecule has 0 aliphatic heterocycles. The molecule has 1 N–H and O–H groups in total. The lowest BCUT2D eigenvalue weighted by Crippen LogP contribution is -2.15. The lowest BCUT2D eigenvalue weighted by atomic mass is 10.00. The van der Waals surface area contributed by atoms with Gasteiger partial charge in [0.05, 0.1) is 5.69 Å². The summed E-state index contributed by atoms with van der Waals surface area (Å²) >= 11 is 1.35. The second kappa shape index (κ2) is 5.72. The van der Waals surface area contributed by atoms with Crippen LogP contribution in [0.4, 0.5) is 0 Å². The molecule has 1 aromatic heterocycles. The summed E-state index contributed by atoms with van der Waals surface area (Å²) in [5.74, 6) is 0. The first kappa shape index (κ1) is 13.4. The van der Waals surface area contributed by atoms with Gasteiger partial charge >= 0.3 is 0 Å². The number of hydrogen-bond acceptors (Lipinski definition) is 4. The molecule has 0 saturated heterocycles. The van der Waals surface area contributed by atoms with E-state index in [9.17, 15) is 10.1 Å². The van der Waals surface area contributed by atoms with Gasteiger partial charge in [-0.3, -0.25) is 4.79 Å². The quantitative estimate of drug-likeness (QED) is 0.688. The van der Waals surface area contributed by atoms with Crippen LogP contribution >= 0.6 is 11.8 Å². The predicted molar refractivity (Wildman–Crippen MR) is 76.2 cm³/mol. The number of thioether (sulfide) groups is 1. The van der Waals surface area contributed by atoms with Crippen LogP contribution in [0.1, 0.15) is 18.1 Å². The van der Waals surface area contributed by atoms with E-state index < -0.39 is 0 Å². The molecule has 0 aliphatic carbocycles. The fraction of sp³-hybridized carbons (Fsp3) is 0.214. The van der Waals surface area contributed by atoms with Crippen molar-refractivity contribution in [2.24, 2.45) is 0 Å². The van der Waals surface area contributed by atoms with E-state index in [4.69, 9.17) is 0 Å². The fourth-order valence-electron chi connectivity index (χ4n) is 1.91. The highest BCUT2D eigenvalue weighted by molar-refractivity contribution is 7.98. The van der Waals surface area contributed by atoms with E-state index in [1.165, 1.54) is 11.8 Å². The SMILES string of the molecule is CCc1ccccc1-c1nc(SC)[nH]c(=O)c1C#N. The van der Waals surface area contributed by atoms with Crippen LogP contribution in [0, 0.1) is 11.3 Å². The van der Waals surface area contributed by atoms with E-state index in [1.807, 2.05) is 43.5 Å². The van der Waals surface area contributed by atoms with Crippen LogP contribution in [0.2, 0.25) is 0 Å². The number of nitrogens with zero attached hydrogens (tertiary/aromatic N) is 2. The van der Waals surface area contributed by atoms with Crippen molar-refractivity contribution in [1.29, 1.82) is 5.26 Å². The second-order valence-electron chi connectivity index (χ2n) is 3.92. The van der Waals surface area contributed by atoms with E-state index >= 15 is 0 Å². The van der Waals surface area contributed by atoms with Gasteiger partial charge in [0, 0.05) is 5.56 Å². The van der Waals surface area contributed by atoms with Gasteiger partial charge in [-0.15, -0.1) is 0 Å². The number of nitriles is 1. The van der Waals surface area contributed by atoms with Crippen LogP contribution < -0.4 is 5.56 Å². The molecule has 0 saturated carbocycles. The normalized spacial score (nSPS) is 10.2. The van der Waals surface area contributed by atoms with Crippen LogP contribution in [-0.4, -0.2) is 16.2 Å². The van der Waals surface area contributed by atoms with Crippen molar-refractivity contribution in [3.05, 3.63) is 45.7 Å². The minimum atomic E-state index is -0.386. The summed E-state index contributed by atoms with van der Waals surface area (Å²) in [7, 11) is 0. The molecule has 0 spiro atoms. The Bertz CT molecular complexity index is 701. The average molecular weight is 271 g/mol. The number of benzene rings is 1. The molecule has 0 amide bonds. The van der Waals surface area contributed by atoms with Crippen molar-refractivity contribution in [2.45, 2.75) is 18.5 Å². The summed E-state index contributed by atoms with van der Waals surface area (Å²) in [5.41, 5.74) is 2.07. The van der Waals surface area contributed by atoms with Gasteiger partial charge in [-0.1, -0.05) is 43.0 Å². The number of aryl methyl sites for hydroxylation is 1. The summed E-state index contributed by atoms with van der Waals surface area (Å²) in [6.07, 6.45) is 2.66. The zero-order valence-electron chi connectivity index (χ0n) is 10.7. The Labute approximate surface area is 115 Å². The first-order chi connectivity index (χ1) is 9.21. The van der Waals surface area contributed by atoms with E-state index in [0.717, 1.165) is 17.5 Å². The van der Waals surface area contributed by atoms with Crippen molar-refractivity contribution in [1.82, 2.24) is 9.97 Å². The molecule has 0 bridgehead atoms. The standard InChI is InChI=1S/C14H13N3OS/c1-3-9-6-4-5-7-10(9)12-11(8-15)13(18)17-14(16-12)19-2/h4-7H,3H2,1-2H3,(H,16,17,18). The van der Waals surface area contributed by atoms with Gasteiger partial charge in [-0.25, -0.2) is 4.98 Å². The number of H-pyrrole nitrogens is 1. The molecule has 0 fully saturated rings. The third-order valence-corrected chi connectivity index (χ3v) is 3.44. The number of aromatic nitrogens is 2. The summed E-state index contributed by atoms with van der Waals surface area (Å²) in [5, 5.41) is 9.69. The third-order valence-electron chi connectivity index (χ3n) is 2.86. The molecule has 1 heterocycles. The van der Waals surface area contributed by atoms with Gasteiger partial charge in [0.2, 0.25) is 0 Å². The van der Waals surface area contributed by atoms with E-state index in [1.54, 1.807) is 0 Å². The maximum atomic E-state index is 11.9. The molecule has 0 aliphatic rings. The molecule has 0 radical (unpaired) electrons. The van der Waals surface area contributed by atoms with E-state index in [2.05, 4.69) is 9.97 Å². The number of nitrogens with one attached hydrogen (secondary N) is 1. The molecule has 2 aromatic rings. The fourth-order valence-corrected chi connectivity index (χ4v) is 2.28. The van der Waals surface area contributed by atoms with Crippen LogP contribution in [0.15, 0.2) is 34.2 Å². The molecule has 1 aromatic carbocycles. The zero-order chi connectivity index (χ0) is 13.8. The van der Waals surface area contributed by atoms with Crippen LogP contribution in [0.5, 0.6) is 0 Å². The van der Waals surface area contributed by atoms with Crippen LogP contribution in [0.25, 0.3) is 11.3 Å². The molecule has 0 unspecified atom stereocenters. The van der Waals surface area contributed by atoms with Gasteiger partial charge in [-0.2, -0.15) is 5.26 Å². The smallest absolute Gasteiger partial charge is 0.270 e. The Hall–Kier alpha value is -2.06. The first-order valence-corrected chi connectivity index (χ1v) is 7.10.